The van der Waals surface area contributed by atoms with Crippen molar-refractivity contribution in [1.82, 2.24) is 0 Å². The molecule has 16 heavy (non-hydrogen) atoms. The number of ketones is 1. The molecule has 2 aromatic rings. The molecular weight excluding hydrogens is 220 g/mol. The maximum atomic E-state index is 11.9. The Morgan fingerprint density at radius 1 is 0.938 bits per heavy atom. The Balaban J connectivity index is 2.34. The van der Waals surface area contributed by atoms with Crippen molar-refractivity contribution in [3.8, 4) is 11.1 Å². The Bertz CT molecular complexity index is 587. The smallest absolute Gasteiger partial charge is 0.167 e. The highest BCUT2D eigenvalue weighted by Crippen LogP contribution is 2.34. The van der Waals surface area contributed by atoms with Crippen LogP contribution in [0.25, 0.3) is 11.1 Å². The van der Waals surface area contributed by atoms with E-state index in [0.717, 1.165) is 22.3 Å². The summed E-state index contributed by atoms with van der Waals surface area (Å²) in [6, 6.07) is 13.4. The summed E-state index contributed by atoms with van der Waals surface area (Å²) < 4.78 is 0. The number of Topliss-reactive ketones (excluding diaryl/α,β-unsaturated/α-hetero) is 1. The maximum absolute atomic E-state index is 11.9. The van der Waals surface area contributed by atoms with E-state index in [4.69, 9.17) is 11.6 Å². The molecule has 1 nitrogen and oxygen atoms in total. The summed E-state index contributed by atoms with van der Waals surface area (Å²) in [6.45, 7) is 0. The lowest BCUT2D eigenvalue weighted by molar-refractivity contribution is 0.0992. The van der Waals surface area contributed by atoms with Gasteiger partial charge in [-0.25, -0.2) is 0 Å². The van der Waals surface area contributed by atoms with E-state index in [0.29, 0.717) is 11.4 Å². The lowest BCUT2D eigenvalue weighted by Crippen LogP contribution is -2.11. The van der Waals surface area contributed by atoms with Crippen LogP contribution in [0.5, 0.6) is 0 Å². The van der Waals surface area contributed by atoms with Gasteiger partial charge in [0.15, 0.2) is 5.78 Å². The fourth-order valence-corrected chi connectivity index (χ4v) is 2.36. The molecule has 0 N–H and O–H groups in total. The highest BCUT2D eigenvalue weighted by Gasteiger charge is 2.21. The van der Waals surface area contributed by atoms with Crippen molar-refractivity contribution in [2.75, 3.05) is 0 Å². The molecule has 0 aliphatic heterocycles. The molecule has 3 rings (SSSR count). The van der Waals surface area contributed by atoms with E-state index in [9.17, 15) is 4.79 Å². The Morgan fingerprint density at radius 2 is 1.75 bits per heavy atom. The molecule has 0 amide bonds. The molecule has 0 aromatic heterocycles. The summed E-state index contributed by atoms with van der Waals surface area (Å²) in [7, 11) is 0. The van der Waals surface area contributed by atoms with E-state index in [2.05, 4.69) is 0 Å². The molecule has 0 atom stereocenters. The van der Waals surface area contributed by atoms with E-state index in [1.807, 2.05) is 36.4 Å². The highest BCUT2D eigenvalue weighted by molar-refractivity contribution is 6.31. The largest absolute Gasteiger partial charge is 0.294 e. The van der Waals surface area contributed by atoms with Gasteiger partial charge in [-0.05, 0) is 34.9 Å². The maximum Gasteiger partial charge on any atom is 0.167 e. The normalized spacial score (nSPS) is 13.2. The van der Waals surface area contributed by atoms with Gasteiger partial charge in [-0.3, -0.25) is 4.79 Å². The zero-order valence-electron chi connectivity index (χ0n) is 8.53. The van der Waals surface area contributed by atoms with Gasteiger partial charge in [0.2, 0.25) is 0 Å². The minimum atomic E-state index is 0.172. The molecule has 0 bridgehead atoms. The molecule has 0 fully saturated rings. The van der Waals surface area contributed by atoms with Crippen LogP contribution >= 0.6 is 11.6 Å². The van der Waals surface area contributed by atoms with Crippen LogP contribution < -0.4 is 0 Å². The first-order valence-electron chi connectivity index (χ1n) is 5.17. The van der Waals surface area contributed by atoms with E-state index in [1.54, 1.807) is 6.07 Å². The number of hydrogen-bond donors (Lipinski definition) is 0. The summed E-state index contributed by atoms with van der Waals surface area (Å²) >= 11 is 5.98. The van der Waals surface area contributed by atoms with Crippen molar-refractivity contribution >= 4 is 17.4 Å². The van der Waals surface area contributed by atoms with E-state index < -0.39 is 0 Å². The Hall–Kier alpha value is -1.60. The number of fused-ring (bicyclic) bond motifs is 3. The third kappa shape index (κ3) is 1.36. The molecular formula is C14H9ClO. The van der Waals surface area contributed by atoms with Crippen molar-refractivity contribution in [3.05, 3.63) is 58.6 Å². The third-order valence-corrected chi connectivity index (χ3v) is 3.18. The number of halogens is 1. The molecule has 0 radical (unpaired) electrons. The van der Waals surface area contributed by atoms with Crippen molar-refractivity contribution < 1.29 is 4.79 Å². The van der Waals surface area contributed by atoms with Crippen molar-refractivity contribution in [2.24, 2.45) is 0 Å². The first-order valence-corrected chi connectivity index (χ1v) is 5.54. The first kappa shape index (κ1) is 9.61. The van der Waals surface area contributed by atoms with Gasteiger partial charge in [-0.1, -0.05) is 35.9 Å². The monoisotopic (exact) mass is 228 g/mol. The van der Waals surface area contributed by atoms with Crippen LogP contribution in [0.15, 0.2) is 42.5 Å². The number of carbonyl (C=O) groups excluding carboxylic acids is 1. The summed E-state index contributed by atoms with van der Waals surface area (Å²) in [5, 5.41) is 0.670. The lowest BCUT2D eigenvalue weighted by Gasteiger charge is -2.18. The van der Waals surface area contributed by atoms with Gasteiger partial charge >= 0.3 is 0 Å². The van der Waals surface area contributed by atoms with Crippen molar-refractivity contribution in [1.29, 1.82) is 0 Å². The third-order valence-electron chi connectivity index (χ3n) is 2.94. The second-order valence-corrected chi connectivity index (χ2v) is 4.38. The van der Waals surface area contributed by atoms with Gasteiger partial charge in [0, 0.05) is 17.0 Å². The average Bonchev–Trinajstić information content (AvgIpc) is 2.29. The van der Waals surface area contributed by atoms with Crippen LogP contribution in [0.3, 0.4) is 0 Å². The Labute approximate surface area is 98.7 Å². The van der Waals surface area contributed by atoms with Crippen LogP contribution in [0.4, 0.5) is 0 Å². The molecule has 0 saturated heterocycles. The standard InChI is InChI=1S/C14H9ClO/c15-10-5-6-12-13(8-10)11-4-2-1-3-9(11)7-14(12)16/h1-6,8H,7H2. The zero-order chi connectivity index (χ0) is 11.1. The fourth-order valence-electron chi connectivity index (χ4n) is 2.19. The molecule has 2 aromatic carbocycles. The van der Waals surface area contributed by atoms with E-state index in [1.165, 1.54) is 0 Å². The summed E-state index contributed by atoms with van der Waals surface area (Å²) in [5.74, 6) is 0.172. The van der Waals surface area contributed by atoms with Crippen LogP contribution in [-0.4, -0.2) is 5.78 Å². The van der Waals surface area contributed by atoms with E-state index in [-0.39, 0.29) is 5.78 Å². The number of rotatable bonds is 0. The van der Waals surface area contributed by atoms with Crippen LogP contribution in [0.2, 0.25) is 5.02 Å². The summed E-state index contributed by atoms with van der Waals surface area (Å²) in [4.78, 5) is 11.9. The molecule has 2 heteroatoms. The second kappa shape index (κ2) is 3.46. The molecule has 0 spiro atoms. The zero-order valence-corrected chi connectivity index (χ0v) is 9.29. The molecule has 0 unspecified atom stereocenters. The molecule has 1 aliphatic rings. The fraction of sp³-hybridized carbons (Fsp3) is 0.0714. The topological polar surface area (TPSA) is 17.1 Å². The van der Waals surface area contributed by atoms with Crippen LogP contribution in [0, 0.1) is 0 Å². The van der Waals surface area contributed by atoms with Crippen molar-refractivity contribution in [3.63, 3.8) is 0 Å². The predicted molar refractivity (Wildman–Crippen MR) is 64.9 cm³/mol. The van der Waals surface area contributed by atoms with Gasteiger partial charge in [0.05, 0.1) is 0 Å². The van der Waals surface area contributed by atoms with Gasteiger partial charge in [0.1, 0.15) is 0 Å². The summed E-state index contributed by atoms with van der Waals surface area (Å²) in [5.41, 5.74) is 3.95. The number of hydrogen-bond acceptors (Lipinski definition) is 1. The predicted octanol–water partition coefficient (Wildman–Crippen LogP) is 3.75. The summed E-state index contributed by atoms with van der Waals surface area (Å²) in [6.07, 6.45) is 0.491. The van der Waals surface area contributed by atoms with Gasteiger partial charge < -0.3 is 0 Å². The average molecular weight is 229 g/mol. The molecule has 78 valence electrons. The Kier molecular flexibility index (Phi) is 2.08. The SMILES string of the molecule is O=C1Cc2ccccc2-c2cc(Cl)ccc21. The lowest BCUT2D eigenvalue weighted by atomic mass is 9.85. The van der Waals surface area contributed by atoms with Crippen LogP contribution in [0.1, 0.15) is 15.9 Å². The van der Waals surface area contributed by atoms with Gasteiger partial charge in [-0.2, -0.15) is 0 Å². The molecule has 0 heterocycles. The van der Waals surface area contributed by atoms with Gasteiger partial charge in [0.25, 0.3) is 0 Å². The minimum absolute atomic E-state index is 0.172. The second-order valence-electron chi connectivity index (χ2n) is 3.95. The molecule has 1 aliphatic carbocycles. The van der Waals surface area contributed by atoms with E-state index >= 15 is 0 Å². The highest BCUT2D eigenvalue weighted by atomic mass is 35.5. The minimum Gasteiger partial charge on any atom is -0.294 e. The van der Waals surface area contributed by atoms with Crippen molar-refractivity contribution in [2.45, 2.75) is 6.42 Å². The Morgan fingerprint density at radius 3 is 2.62 bits per heavy atom. The first-order chi connectivity index (χ1) is 7.75. The quantitative estimate of drug-likeness (QED) is 0.671. The molecule has 0 saturated carbocycles. The van der Waals surface area contributed by atoms with Gasteiger partial charge in [-0.15, -0.1) is 0 Å². The van der Waals surface area contributed by atoms with Crippen LogP contribution in [-0.2, 0) is 6.42 Å². The number of carbonyl (C=O) groups is 1. The number of benzene rings is 2.